The van der Waals surface area contributed by atoms with Crippen LogP contribution in [0, 0.1) is 6.92 Å². The zero-order chi connectivity index (χ0) is 6.97. The molecule has 0 fully saturated rings. The molecule has 2 nitrogen and oxygen atoms in total. The van der Waals surface area contributed by atoms with Gasteiger partial charge in [-0.2, -0.15) is 0 Å². The number of fused-ring (bicyclic) bond motifs is 1. The Labute approximate surface area is 59.1 Å². The summed E-state index contributed by atoms with van der Waals surface area (Å²) >= 11 is 0. The minimum atomic E-state index is 1.14. The van der Waals surface area contributed by atoms with Gasteiger partial charge in [0.15, 0.2) is 0 Å². The summed E-state index contributed by atoms with van der Waals surface area (Å²) in [4.78, 5) is 4.01. The molecule has 0 amide bonds. The van der Waals surface area contributed by atoms with Crippen LogP contribution in [-0.4, -0.2) is 9.38 Å². The lowest BCUT2D eigenvalue weighted by Crippen LogP contribution is -1.81. The third-order valence-electron chi connectivity index (χ3n) is 1.56. The average Bonchev–Trinajstić information content (AvgIpc) is 2.33. The molecule has 0 unspecified atom stereocenters. The molecular formula is C8H8N2. The maximum atomic E-state index is 4.01. The molecule has 0 spiro atoms. The molecule has 0 aliphatic carbocycles. The van der Waals surface area contributed by atoms with E-state index in [4.69, 9.17) is 0 Å². The van der Waals surface area contributed by atoms with E-state index in [1.165, 1.54) is 5.56 Å². The van der Waals surface area contributed by atoms with Gasteiger partial charge in [0.05, 0.1) is 18.0 Å². The number of aryl methyl sites for hydroxylation is 1. The van der Waals surface area contributed by atoms with Gasteiger partial charge >= 0.3 is 0 Å². The molecule has 2 aromatic heterocycles. The lowest BCUT2D eigenvalue weighted by molar-refractivity contribution is 1.13. The molecule has 0 aromatic carbocycles. The highest BCUT2D eigenvalue weighted by Crippen LogP contribution is 2.03. The summed E-state index contributed by atoms with van der Waals surface area (Å²) in [6.07, 6.45) is 5.71. The van der Waals surface area contributed by atoms with Crippen LogP contribution in [0.25, 0.3) is 5.52 Å². The maximum Gasteiger partial charge on any atom is 0.0992 e. The third-order valence-corrected chi connectivity index (χ3v) is 1.56. The predicted octanol–water partition coefficient (Wildman–Crippen LogP) is 1.64. The van der Waals surface area contributed by atoms with E-state index in [1.54, 1.807) is 0 Å². The SMILES string of the molecule is Cc1ccc2cncn2c1. The van der Waals surface area contributed by atoms with E-state index in [1.807, 2.05) is 16.9 Å². The maximum absolute atomic E-state index is 4.01. The van der Waals surface area contributed by atoms with Crippen LogP contribution < -0.4 is 0 Å². The quantitative estimate of drug-likeness (QED) is 0.532. The summed E-state index contributed by atoms with van der Waals surface area (Å²) in [5.41, 5.74) is 2.40. The fraction of sp³-hybridized carbons (Fsp3) is 0.125. The molecule has 0 N–H and O–H groups in total. The first-order chi connectivity index (χ1) is 4.86. The van der Waals surface area contributed by atoms with Crippen LogP contribution in [0.2, 0.25) is 0 Å². The minimum absolute atomic E-state index is 1.14. The molecule has 0 saturated carbocycles. The molecule has 0 radical (unpaired) electrons. The summed E-state index contributed by atoms with van der Waals surface area (Å²) in [5, 5.41) is 0. The highest BCUT2D eigenvalue weighted by atomic mass is 15.0. The standard InChI is InChI=1S/C8H8N2/c1-7-2-3-8-4-9-6-10(8)5-7/h2-6H,1H3. The molecule has 10 heavy (non-hydrogen) atoms. The lowest BCUT2D eigenvalue weighted by atomic mass is 10.3. The van der Waals surface area contributed by atoms with E-state index in [9.17, 15) is 0 Å². The molecule has 2 heterocycles. The first-order valence-electron chi connectivity index (χ1n) is 3.24. The van der Waals surface area contributed by atoms with Gasteiger partial charge in [0.2, 0.25) is 0 Å². The number of imidazole rings is 1. The molecule has 2 rings (SSSR count). The van der Waals surface area contributed by atoms with Crippen LogP contribution >= 0.6 is 0 Å². The zero-order valence-electron chi connectivity index (χ0n) is 5.78. The second kappa shape index (κ2) is 1.84. The summed E-state index contributed by atoms with van der Waals surface area (Å²) in [7, 11) is 0. The van der Waals surface area contributed by atoms with Crippen molar-refractivity contribution in [2.75, 3.05) is 0 Å². The fourth-order valence-corrected chi connectivity index (χ4v) is 1.03. The monoisotopic (exact) mass is 132 g/mol. The van der Waals surface area contributed by atoms with Crippen molar-refractivity contribution in [2.24, 2.45) is 0 Å². The smallest absolute Gasteiger partial charge is 0.0992 e. The lowest BCUT2D eigenvalue weighted by Gasteiger charge is -1.93. The molecule has 2 heteroatoms. The van der Waals surface area contributed by atoms with Gasteiger partial charge in [-0.25, -0.2) is 4.98 Å². The minimum Gasteiger partial charge on any atom is -0.306 e. The van der Waals surface area contributed by atoms with Crippen molar-refractivity contribution in [3.63, 3.8) is 0 Å². The van der Waals surface area contributed by atoms with Crippen molar-refractivity contribution in [3.8, 4) is 0 Å². The Bertz CT molecular complexity index is 349. The Morgan fingerprint density at radius 1 is 1.40 bits per heavy atom. The molecule has 0 aliphatic heterocycles. The molecule has 2 aromatic rings. The first-order valence-corrected chi connectivity index (χ1v) is 3.24. The van der Waals surface area contributed by atoms with Gasteiger partial charge in [-0.1, -0.05) is 6.07 Å². The predicted molar refractivity (Wildman–Crippen MR) is 39.9 cm³/mol. The topological polar surface area (TPSA) is 17.3 Å². The zero-order valence-corrected chi connectivity index (χ0v) is 5.78. The Morgan fingerprint density at radius 3 is 3.20 bits per heavy atom. The van der Waals surface area contributed by atoms with Crippen LogP contribution in [0.5, 0.6) is 0 Å². The van der Waals surface area contributed by atoms with Crippen LogP contribution in [0.15, 0.2) is 30.9 Å². The van der Waals surface area contributed by atoms with Gasteiger partial charge in [-0.3, -0.25) is 0 Å². The van der Waals surface area contributed by atoms with Gasteiger partial charge in [0.25, 0.3) is 0 Å². The van der Waals surface area contributed by atoms with Crippen LogP contribution in [-0.2, 0) is 0 Å². The van der Waals surface area contributed by atoms with Crippen molar-refractivity contribution < 1.29 is 0 Å². The van der Waals surface area contributed by atoms with Gasteiger partial charge in [0.1, 0.15) is 0 Å². The molecule has 0 saturated heterocycles. The Morgan fingerprint density at radius 2 is 2.30 bits per heavy atom. The molecule has 0 bridgehead atoms. The van der Waals surface area contributed by atoms with Crippen molar-refractivity contribution in [1.82, 2.24) is 9.38 Å². The largest absolute Gasteiger partial charge is 0.306 e. The summed E-state index contributed by atoms with van der Waals surface area (Å²) in [6.45, 7) is 2.07. The highest BCUT2D eigenvalue weighted by Gasteiger charge is 1.89. The summed E-state index contributed by atoms with van der Waals surface area (Å²) < 4.78 is 2.01. The van der Waals surface area contributed by atoms with E-state index in [0.717, 1.165) is 5.52 Å². The van der Waals surface area contributed by atoms with Crippen LogP contribution in [0.4, 0.5) is 0 Å². The normalized spacial score (nSPS) is 10.5. The molecule has 0 aliphatic rings. The molecule has 0 atom stereocenters. The van der Waals surface area contributed by atoms with E-state index in [-0.39, 0.29) is 0 Å². The number of rotatable bonds is 0. The van der Waals surface area contributed by atoms with E-state index < -0.39 is 0 Å². The number of nitrogens with zero attached hydrogens (tertiary/aromatic N) is 2. The Balaban J connectivity index is 2.86. The van der Waals surface area contributed by atoms with Gasteiger partial charge in [-0.15, -0.1) is 0 Å². The third kappa shape index (κ3) is 0.692. The molecule has 50 valence electrons. The van der Waals surface area contributed by atoms with Gasteiger partial charge in [-0.05, 0) is 18.6 Å². The number of hydrogen-bond acceptors (Lipinski definition) is 1. The average molecular weight is 132 g/mol. The number of hydrogen-bond donors (Lipinski definition) is 0. The molecular weight excluding hydrogens is 124 g/mol. The Kier molecular flexibility index (Phi) is 1.01. The summed E-state index contributed by atoms with van der Waals surface area (Å²) in [6, 6.07) is 4.14. The van der Waals surface area contributed by atoms with E-state index >= 15 is 0 Å². The van der Waals surface area contributed by atoms with Crippen molar-refractivity contribution >= 4 is 5.52 Å². The second-order valence-corrected chi connectivity index (χ2v) is 2.43. The van der Waals surface area contributed by atoms with E-state index in [2.05, 4.69) is 30.2 Å². The second-order valence-electron chi connectivity index (χ2n) is 2.43. The highest BCUT2D eigenvalue weighted by molar-refractivity contribution is 5.44. The van der Waals surface area contributed by atoms with Gasteiger partial charge in [0, 0.05) is 6.20 Å². The van der Waals surface area contributed by atoms with Crippen LogP contribution in [0.1, 0.15) is 5.56 Å². The van der Waals surface area contributed by atoms with Gasteiger partial charge < -0.3 is 4.40 Å². The Hall–Kier alpha value is -1.31. The van der Waals surface area contributed by atoms with Crippen molar-refractivity contribution in [1.29, 1.82) is 0 Å². The number of pyridine rings is 1. The van der Waals surface area contributed by atoms with Crippen LogP contribution in [0.3, 0.4) is 0 Å². The van der Waals surface area contributed by atoms with Crippen molar-refractivity contribution in [3.05, 3.63) is 36.4 Å². The number of aromatic nitrogens is 2. The first kappa shape index (κ1) is 5.47. The summed E-state index contributed by atoms with van der Waals surface area (Å²) in [5.74, 6) is 0. The van der Waals surface area contributed by atoms with Crippen molar-refractivity contribution in [2.45, 2.75) is 6.92 Å². The fourth-order valence-electron chi connectivity index (χ4n) is 1.03. The van der Waals surface area contributed by atoms with E-state index in [0.29, 0.717) is 0 Å².